The Labute approximate surface area is 132 Å². The molecular weight excluding hydrogens is 313 g/mol. The first-order valence-corrected chi connectivity index (χ1v) is 6.86. The lowest BCUT2D eigenvalue weighted by atomic mass is 10.3. The fraction of sp³-hybridized carbons (Fsp3) is 0.133. The fourth-order valence-electron chi connectivity index (χ4n) is 1.65. The Hall–Kier alpha value is -1.91. The van der Waals surface area contributed by atoms with Crippen molar-refractivity contribution in [2.75, 3.05) is 19.0 Å². The van der Waals surface area contributed by atoms with E-state index >= 15 is 0 Å². The smallest absolute Gasteiger partial charge is 0.262 e. The second kappa shape index (κ2) is 7.20. The summed E-state index contributed by atoms with van der Waals surface area (Å²) in [4.78, 5) is 11.8. The van der Waals surface area contributed by atoms with Crippen LogP contribution in [0, 0.1) is 0 Å². The zero-order valence-electron chi connectivity index (χ0n) is 11.2. The van der Waals surface area contributed by atoms with Crippen LogP contribution in [0.1, 0.15) is 0 Å². The third kappa shape index (κ3) is 4.28. The predicted octanol–water partition coefficient (Wildman–Crippen LogP) is 4.02. The summed E-state index contributed by atoms with van der Waals surface area (Å²) in [6, 6.07) is 11.9. The van der Waals surface area contributed by atoms with Gasteiger partial charge in [0, 0.05) is 5.69 Å². The molecule has 1 amide bonds. The zero-order chi connectivity index (χ0) is 15.2. The van der Waals surface area contributed by atoms with E-state index in [1.54, 1.807) is 42.5 Å². The summed E-state index contributed by atoms with van der Waals surface area (Å²) in [6.07, 6.45) is 0. The van der Waals surface area contributed by atoms with Crippen LogP contribution >= 0.6 is 23.2 Å². The molecule has 0 heterocycles. The minimum absolute atomic E-state index is 0.145. The standard InChI is InChI=1S/C15H13Cl2NO3/c1-20-13-7-6-10(8-12(13)17)18-15(19)9-21-14-5-3-2-4-11(14)16/h2-8H,9H2,1H3,(H,18,19). The maximum absolute atomic E-state index is 11.8. The molecule has 2 aromatic carbocycles. The molecule has 2 aromatic rings. The van der Waals surface area contributed by atoms with E-state index in [1.807, 2.05) is 0 Å². The summed E-state index contributed by atoms with van der Waals surface area (Å²) in [5.41, 5.74) is 0.563. The van der Waals surface area contributed by atoms with E-state index in [0.29, 0.717) is 27.2 Å². The quantitative estimate of drug-likeness (QED) is 0.903. The first kappa shape index (κ1) is 15.5. The maximum Gasteiger partial charge on any atom is 0.262 e. The van der Waals surface area contributed by atoms with Crippen LogP contribution < -0.4 is 14.8 Å². The van der Waals surface area contributed by atoms with E-state index in [-0.39, 0.29) is 12.5 Å². The molecule has 0 saturated carbocycles. The third-order valence-electron chi connectivity index (χ3n) is 2.63. The van der Waals surface area contributed by atoms with Crippen molar-refractivity contribution in [2.24, 2.45) is 0 Å². The maximum atomic E-state index is 11.8. The molecule has 110 valence electrons. The van der Waals surface area contributed by atoms with E-state index in [4.69, 9.17) is 32.7 Å². The number of carbonyl (C=O) groups excluding carboxylic acids is 1. The molecule has 0 aliphatic carbocycles. The Bertz CT molecular complexity index is 647. The van der Waals surface area contributed by atoms with Gasteiger partial charge in [0.25, 0.3) is 5.91 Å². The minimum Gasteiger partial charge on any atom is -0.495 e. The Morgan fingerprint density at radius 2 is 1.86 bits per heavy atom. The second-order valence-electron chi connectivity index (χ2n) is 4.12. The van der Waals surface area contributed by atoms with Crippen molar-refractivity contribution < 1.29 is 14.3 Å². The van der Waals surface area contributed by atoms with Crippen LogP contribution in [0.3, 0.4) is 0 Å². The molecule has 0 fully saturated rings. The summed E-state index contributed by atoms with van der Waals surface area (Å²) in [5.74, 6) is 0.695. The number of rotatable bonds is 5. The molecule has 0 aromatic heterocycles. The van der Waals surface area contributed by atoms with Crippen LogP contribution in [0.15, 0.2) is 42.5 Å². The largest absolute Gasteiger partial charge is 0.495 e. The molecule has 0 unspecified atom stereocenters. The van der Waals surface area contributed by atoms with Crippen LogP contribution in [-0.2, 0) is 4.79 Å². The van der Waals surface area contributed by atoms with E-state index in [1.165, 1.54) is 7.11 Å². The number of benzene rings is 2. The number of para-hydroxylation sites is 1. The van der Waals surface area contributed by atoms with E-state index in [0.717, 1.165) is 0 Å². The van der Waals surface area contributed by atoms with Gasteiger partial charge in [-0.15, -0.1) is 0 Å². The highest BCUT2D eigenvalue weighted by Crippen LogP contribution is 2.27. The van der Waals surface area contributed by atoms with Crippen molar-refractivity contribution >= 4 is 34.8 Å². The molecule has 0 radical (unpaired) electrons. The molecular formula is C15H13Cl2NO3. The van der Waals surface area contributed by atoms with Crippen LogP contribution in [0.2, 0.25) is 10.0 Å². The predicted molar refractivity (Wildman–Crippen MR) is 83.6 cm³/mol. The number of carbonyl (C=O) groups is 1. The molecule has 0 aliphatic rings. The Kier molecular flexibility index (Phi) is 5.31. The summed E-state index contributed by atoms with van der Waals surface area (Å²) in [5, 5.41) is 3.55. The highest BCUT2D eigenvalue weighted by molar-refractivity contribution is 6.32. The van der Waals surface area contributed by atoms with Crippen molar-refractivity contribution in [3.05, 3.63) is 52.5 Å². The third-order valence-corrected chi connectivity index (χ3v) is 3.24. The van der Waals surface area contributed by atoms with E-state index in [2.05, 4.69) is 5.32 Å². The zero-order valence-corrected chi connectivity index (χ0v) is 12.7. The van der Waals surface area contributed by atoms with Crippen LogP contribution in [0.5, 0.6) is 11.5 Å². The molecule has 0 atom stereocenters. The molecule has 0 aliphatic heterocycles. The van der Waals surface area contributed by atoms with E-state index in [9.17, 15) is 4.79 Å². The first-order valence-electron chi connectivity index (χ1n) is 6.11. The number of amides is 1. The topological polar surface area (TPSA) is 47.6 Å². The first-order chi connectivity index (χ1) is 10.1. The van der Waals surface area contributed by atoms with Crippen molar-refractivity contribution in [3.63, 3.8) is 0 Å². The highest BCUT2D eigenvalue weighted by Gasteiger charge is 2.07. The summed E-state index contributed by atoms with van der Waals surface area (Å²) in [7, 11) is 1.52. The van der Waals surface area contributed by atoms with Gasteiger partial charge in [-0.2, -0.15) is 0 Å². The molecule has 2 rings (SSSR count). The average molecular weight is 326 g/mol. The summed E-state index contributed by atoms with van der Waals surface area (Å²) in [6.45, 7) is -0.145. The lowest BCUT2D eigenvalue weighted by molar-refractivity contribution is -0.118. The Balaban J connectivity index is 1.93. The highest BCUT2D eigenvalue weighted by atomic mass is 35.5. The van der Waals surface area contributed by atoms with Gasteiger partial charge < -0.3 is 14.8 Å². The van der Waals surface area contributed by atoms with Gasteiger partial charge in [-0.3, -0.25) is 4.79 Å². The van der Waals surface area contributed by atoms with E-state index < -0.39 is 0 Å². The van der Waals surface area contributed by atoms with Gasteiger partial charge in [0.2, 0.25) is 0 Å². The van der Waals surface area contributed by atoms with Gasteiger partial charge in [0.15, 0.2) is 6.61 Å². The molecule has 1 N–H and O–H groups in total. The normalized spacial score (nSPS) is 10.0. The van der Waals surface area contributed by atoms with Gasteiger partial charge in [0.1, 0.15) is 11.5 Å². The van der Waals surface area contributed by atoms with Crippen molar-refractivity contribution in [1.29, 1.82) is 0 Å². The summed E-state index contributed by atoms with van der Waals surface area (Å²) >= 11 is 11.9. The number of halogens is 2. The van der Waals surface area contributed by atoms with Crippen molar-refractivity contribution in [3.8, 4) is 11.5 Å². The SMILES string of the molecule is COc1ccc(NC(=O)COc2ccccc2Cl)cc1Cl. The number of hydrogen-bond donors (Lipinski definition) is 1. The number of anilines is 1. The Morgan fingerprint density at radius 1 is 1.10 bits per heavy atom. The van der Waals surface area contributed by atoms with Crippen molar-refractivity contribution in [1.82, 2.24) is 0 Å². The molecule has 6 heteroatoms. The van der Waals surface area contributed by atoms with Crippen LogP contribution in [0.4, 0.5) is 5.69 Å². The van der Waals surface area contributed by atoms with Crippen LogP contribution in [-0.4, -0.2) is 19.6 Å². The molecule has 0 spiro atoms. The number of nitrogens with one attached hydrogen (secondary N) is 1. The van der Waals surface area contributed by atoms with Crippen molar-refractivity contribution in [2.45, 2.75) is 0 Å². The second-order valence-corrected chi connectivity index (χ2v) is 4.93. The lowest BCUT2D eigenvalue weighted by Crippen LogP contribution is -2.20. The number of hydrogen-bond acceptors (Lipinski definition) is 3. The fourth-order valence-corrected chi connectivity index (χ4v) is 2.09. The van der Waals surface area contributed by atoms with Gasteiger partial charge in [0.05, 0.1) is 17.2 Å². The molecule has 4 nitrogen and oxygen atoms in total. The Morgan fingerprint density at radius 3 is 2.52 bits per heavy atom. The van der Waals surface area contributed by atoms with Gasteiger partial charge in [-0.05, 0) is 30.3 Å². The van der Waals surface area contributed by atoms with Crippen LogP contribution in [0.25, 0.3) is 0 Å². The lowest BCUT2D eigenvalue weighted by Gasteiger charge is -2.10. The van der Waals surface area contributed by atoms with Gasteiger partial charge in [-0.1, -0.05) is 35.3 Å². The monoisotopic (exact) mass is 325 g/mol. The number of ether oxygens (including phenoxy) is 2. The van der Waals surface area contributed by atoms with Gasteiger partial charge >= 0.3 is 0 Å². The van der Waals surface area contributed by atoms with Gasteiger partial charge in [-0.25, -0.2) is 0 Å². The molecule has 0 saturated heterocycles. The minimum atomic E-state index is -0.309. The molecule has 21 heavy (non-hydrogen) atoms. The number of methoxy groups -OCH3 is 1. The summed E-state index contributed by atoms with van der Waals surface area (Å²) < 4.78 is 10.4. The average Bonchev–Trinajstić information content (AvgIpc) is 2.46. The molecule has 0 bridgehead atoms.